The number of benzene rings is 2. The fourth-order valence-corrected chi connectivity index (χ4v) is 2.01. The molecule has 0 heterocycles. The Bertz CT molecular complexity index is 426. The van der Waals surface area contributed by atoms with Gasteiger partial charge in [-0.05, 0) is 11.1 Å². The topological polar surface area (TPSA) is 3.24 Å². The minimum atomic E-state index is 0. The molecule has 2 aromatic carbocycles. The molecule has 0 unspecified atom stereocenters. The largest absolute Gasteiger partial charge is 1.00 e. The molecule has 19 heavy (non-hydrogen) atoms. The predicted octanol–water partition coefficient (Wildman–Crippen LogP) is 0.682. The van der Waals surface area contributed by atoms with Crippen LogP contribution in [0.5, 0.6) is 0 Å². The molecule has 0 aliphatic rings. The van der Waals surface area contributed by atoms with Gasteiger partial charge in [0.05, 0.1) is 0 Å². The summed E-state index contributed by atoms with van der Waals surface area (Å²) in [5, 5.41) is 0. The molecular formula is C17H18LiN. The van der Waals surface area contributed by atoms with Gasteiger partial charge >= 0.3 is 18.9 Å². The van der Waals surface area contributed by atoms with Crippen molar-refractivity contribution in [2.75, 3.05) is 6.54 Å². The third-order valence-corrected chi connectivity index (χ3v) is 2.83. The van der Waals surface area contributed by atoms with E-state index >= 15 is 0 Å². The minimum absolute atomic E-state index is 0. The van der Waals surface area contributed by atoms with E-state index in [4.69, 9.17) is 0 Å². The molecule has 0 saturated carbocycles. The second-order valence-electron chi connectivity index (χ2n) is 4.37. The van der Waals surface area contributed by atoms with Gasteiger partial charge in [0.1, 0.15) is 0 Å². The van der Waals surface area contributed by atoms with E-state index in [0.717, 1.165) is 19.6 Å². The van der Waals surface area contributed by atoms with Crippen LogP contribution < -0.4 is 18.9 Å². The Hall–Kier alpha value is -1.26. The van der Waals surface area contributed by atoms with Crippen molar-refractivity contribution in [3.05, 3.63) is 84.4 Å². The van der Waals surface area contributed by atoms with E-state index in [-0.39, 0.29) is 18.9 Å². The molecule has 2 aromatic rings. The maximum atomic E-state index is 3.72. The zero-order valence-corrected chi connectivity index (χ0v) is 11.5. The number of hydrogen-bond acceptors (Lipinski definition) is 1. The Labute approximate surface area is 128 Å². The van der Waals surface area contributed by atoms with Gasteiger partial charge in [0.25, 0.3) is 0 Å². The fourth-order valence-electron chi connectivity index (χ4n) is 2.01. The second-order valence-corrected chi connectivity index (χ2v) is 4.37. The Balaban J connectivity index is 0.00000180. The third-order valence-electron chi connectivity index (χ3n) is 2.83. The number of rotatable bonds is 6. The standard InChI is InChI=1S/C17H18N.Li/c1-2-13-18(14-16-9-5-3-6-10-16)15-17-11-7-4-8-12-17;/h3-12H,1,13-15H2;/q-1;+1. The van der Waals surface area contributed by atoms with Crippen molar-refractivity contribution in [2.45, 2.75) is 13.1 Å². The van der Waals surface area contributed by atoms with E-state index in [1.807, 2.05) is 12.1 Å². The van der Waals surface area contributed by atoms with Crippen molar-refractivity contribution in [3.63, 3.8) is 0 Å². The van der Waals surface area contributed by atoms with Gasteiger partial charge < -0.3 is 11.0 Å². The zero-order chi connectivity index (χ0) is 12.6. The van der Waals surface area contributed by atoms with Crippen LogP contribution >= 0.6 is 0 Å². The molecule has 0 fully saturated rings. The third kappa shape index (κ3) is 5.49. The van der Waals surface area contributed by atoms with Gasteiger partial charge in [-0.1, -0.05) is 60.7 Å². The monoisotopic (exact) mass is 243 g/mol. The van der Waals surface area contributed by atoms with Gasteiger partial charge in [-0.15, -0.1) is 6.54 Å². The first-order valence-corrected chi connectivity index (χ1v) is 6.18. The van der Waals surface area contributed by atoms with Gasteiger partial charge in [-0.25, -0.2) is 0 Å². The van der Waals surface area contributed by atoms with E-state index in [1.54, 1.807) is 0 Å². The van der Waals surface area contributed by atoms with Crippen LogP contribution in [0.4, 0.5) is 0 Å². The SMILES string of the molecule is C=[C-]CN(Cc1ccccc1)Cc1ccccc1.[Li+]. The first-order chi connectivity index (χ1) is 8.88. The molecule has 0 aliphatic carbocycles. The predicted molar refractivity (Wildman–Crippen MR) is 75.9 cm³/mol. The number of nitrogens with zero attached hydrogens (tertiary/aromatic N) is 1. The first-order valence-electron chi connectivity index (χ1n) is 6.18. The molecule has 0 aliphatic heterocycles. The van der Waals surface area contributed by atoms with Crippen molar-refractivity contribution < 1.29 is 18.9 Å². The molecule has 92 valence electrons. The summed E-state index contributed by atoms with van der Waals surface area (Å²) in [7, 11) is 0. The maximum absolute atomic E-state index is 3.72. The van der Waals surface area contributed by atoms with Crippen LogP contribution in [0, 0.1) is 6.08 Å². The van der Waals surface area contributed by atoms with Gasteiger partial charge in [-0.3, -0.25) is 6.58 Å². The molecule has 0 radical (unpaired) electrons. The smallest absolute Gasteiger partial charge is 0.489 e. The molecule has 2 heteroatoms. The van der Waals surface area contributed by atoms with E-state index in [9.17, 15) is 0 Å². The molecule has 0 N–H and O–H groups in total. The summed E-state index contributed by atoms with van der Waals surface area (Å²) in [5.74, 6) is 0. The van der Waals surface area contributed by atoms with Crippen LogP contribution in [0.15, 0.2) is 67.2 Å². The van der Waals surface area contributed by atoms with Gasteiger partial charge in [0, 0.05) is 13.1 Å². The molecule has 0 atom stereocenters. The summed E-state index contributed by atoms with van der Waals surface area (Å²) in [5.41, 5.74) is 2.65. The normalized spacial score (nSPS) is 9.95. The van der Waals surface area contributed by atoms with Crippen LogP contribution in [0.2, 0.25) is 0 Å². The Morgan fingerprint density at radius 2 is 1.21 bits per heavy atom. The fraction of sp³-hybridized carbons (Fsp3) is 0.176. The van der Waals surface area contributed by atoms with Crippen molar-refractivity contribution in [3.8, 4) is 0 Å². The van der Waals surface area contributed by atoms with Crippen LogP contribution in [-0.4, -0.2) is 11.4 Å². The summed E-state index contributed by atoms with van der Waals surface area (Å²) in [6.45, 7) is 6.36. The molecule has 1 nitrogen and oxygen atoms in total. The molecule has 0 spiro atoms. The van der Waals surface area contributed by atoms with Crippen molar-refractivity contribution >= 4 is 0 Å². The van der Waals surface area contributed by atoms with Crippen LogP contribution in [0.3, 0.4) is 0 Å². The summed E-state index contributed by atoms with van der Waals surface area (Å²) >= 11 is 0. The van der Waals surface area contributed by atoms with Crippen LogP contribution in [0.1, 0.15) is 11.1 Å². The summed E-state index contributed by atoms with van der Waals surface area (Å²) in [6, 6.07) is 21.0. The summed E-state index contributed by atoms with van der Waals surface area (Å²) in [6.07, 6.45) is 2.98. The minimum Gasteiger partial charge on any atom is -0.489 e. The molecule has 0 amide bonds. The van der Waals surface area contributed by atoms with E-state index in [2.05, 4.69) is 66.1 Å². The first kappa shape index (κ1) is 15.8. The average Bonchev–Trinajstić information content (AvgIpc) is 2.41. The van der Waals surface area contributed by atoms with E-state index in [0.29, 0.717) is 0 Å². The van der Waals surface area contributed by atoms with Gasteiger partial charge in [0.15, 0.2) is 0 Å². The van der Waals surface area contributed by atoms with E-state index in [1.165, 1.54) is 11.1 Å². The summed E-state index contributed by atoms with van der Waals surface area (Å²) < 4.78 is 0. The van der Waals surface area contributed by atoms with E-state index < -0.39 is 0 Å². The van der Waals surface area contributed by atoms with Crippen molar-refractivity contribution in [2.24, 2.45) is 0 Å². The Morgan fingerprint density at radius 1 is 0.789 bits per heavy atom. The summed E-state index contributed by atoms with van der Waals surface area (Å²) in [4.78, 5) is 2.33. The zero-order valence-electron chi connectivity index (χ0n) is 11.5. The molecule has 0 bridgehead atoms. The maximum Gasteiger partial charge on any atom is 1.00 e. The quantitative estimate of drug-likeness (QED) is 0.533. The van der Waals surface area contributed by atoms with Crippen molar-refractivity contribution in [1.82, 2.24) is 4.90 Å². The molecule has 0 saturated heterocycles. The van der Waals surface area contributed by atoms with Crippen LogP contribution in [-0.2, 0) is 13.1 Å². The van der Waals surface area contributed by atoms with Crippen LogP contribution in [0.25, 0.3) is 0 Å². The molecule has 2 rings (SSSR count). The Morgan fingerprint density at radius 3 is 1.58 bits per heavy atom. The van der Waals surface area contributed by atoms with Gasteiger partial charge in [-0.2, -0.15) is 0 Å². The second kappa shape index (κ2) is 8.77. The molecular weight excluding hydrogens is 225 g/mol. The van der Waals surface area contributed by atoms with Gasteiger partial charge in [0.2, 0.25) is 0 Å². The number of hydrogen-bond donors (Lipinski definition) is 0. The average molecular weight is 243 g/mol. The Kier molecular flexibility index (Phi) is 7.29. The van der Waals surface area contributed by atoms with Crippen molar-refractivity contribution in [1.29, 1.82) is 0 Å². The molecule has 0 aromatic heterocycles.